The molecule has 0 fully saturated rings. The Balaban J connectivity index is 2.10. The van der Waals surface area contributed by atoms with E-state index in [1.807, 2.05) is 13.0 Å². The Hall–Kier alpha value is -2.22. The SMILES string of the molecule is COCc1cccc(C(=O)NC(C)c2ccc(S(N)(=O)=O)cc2)c1. The average molecular weight is 348 g/mol. The number of hydrogen-bond donors (Lipinski definition) is 2. The number of rotatable bonds is 6. The van der Waals surface area contributed by atoms with Crippen molar-refractivity contribution in [3.63, 3.8) is 0 Å². The lowest BCUT2D eigenvalue weighted by atomic mass is 10.1. The number of benzene rings is 2. The monoisotopic (exact) mass is 348 g/mol. The highest BCUT2D eigenvalue weighted by atomic mass is 32.2. The largest absolute Gasteiger partial charge is 0.380 e. The summed E-state index contributed by atoms with van der Waals surface area (Å²) in [6.07, 6.45) is 0. The van der Waals surface area contributed by atoms with E-state index in [1.54, 1.807) is 37.4 Å². The van der Waals surface area contributed by atoms with Gasteiger partial charge in [0.25, 0.3) is 5.91 Å². The maximum absolute atomic E-state index is 12.3. The summed E-state index contributed by atoms with van der Waals surface area (Å²) in [5, 5.41) is 7.95. The number of ether oxygens (including phenoxy) is 1. The van der Waals surface area contributed by atoms with Crippen LogP contribution < -0.4 is 10.5 Å². The van der Waals surface area contributed by atoms with Gasteiger partial charge in [-0.3, -0.25) is 4.79 Å². The summed E-state index contributed by atoms with van der Waals surface area (Å²) in [5.74, 6) is -0.212. The molecule has 0 aliphatic heterocycles. The van der Waals surface area contributed by atoms with E-state index < -0.39 is 10.0 Å². The Morgan fingerprint density at radius 3 is 2.46 bits per heavy atom. The van der Waals surface area contributed by atoms with E-state index in [-0.39, 0.29) is 16.8 Å². The van der Waals surface area contributed by atoms with Crippen LogP contribution in [0.5, 0.6) is 0 Å². The molecule has 1 atom stereocenters. The predicted octanol–water partition coefficient (Wildman–Crippen LogP) is 1.97. The minimum absolute atomic E-state index is 0.0389. The summed E-state index contributed by atoms with van der Waals surface area (Å²) >= 11 is 0. The van der Waals surface area contributed by atoms with Crippen LogP contribution in [0.15, 0.2) is 53.4 Å². The lowest BCUT2D eigenvalue weighted by Gasteiger charge is -2.15. The Bertz CT molecular complexity index is 817. The fourth-order valence-electron chi connectivity index (χ4n) is 2.28. The lowest BCUT2D eigenvalue weighted by Crippen LogP contribution is -2.26. The van der Waals surface area contributed by atoms with Crippen molar-refractivity contribution in [1.29, 1.82) is 0 Å². The number of nitrogens with two attached hydrogens (primary N) is 1. The van der Waals surface area contributed by atoms with Gasteiger partial charge in [0, 0.05) is 12.7 Å². The van der Waals surface area contributed by atoms with Gasteiger partial charge in [-0.1, -0.05) is 24.3 Å². The first-order valence-electron chi connectivity index (χ1n) is 7.33. The molecule has 0 spiro atoms. The van der Waals surface area contributed by atoms with Crippen molar-refractivity contribution in [1.82, 2.24) is 5.32 Å². The maximum atomic E-state index is 12.3. The van der Waals surface area contributed by atoms with Crippen molar-refractivity contribution < 1.29 is 17.9 Å². The van der Waals surface area contributed by atoms with Gasteiger partial charge in [-0.05, 0) is 42.3 Å². The summed E-state index contributed by atoms with van der Waals surface area (Å²) in [6.45, 7) is 2.26. The van der Waals surface area contributed by atoms with E-state index in [0.29, 0.717) is 12.2 Å². The third-order valence-corrected chi connectivity index (χ3v) is 4.49. The second-order valence-electron chi connectivity index (χ2n) is 5.44. The lowest BCUT2D eigenvalue weighted by molar-refractivity contribution is 0.0939. The highest BCUT2D eigenvalue weighted by molar-refractivity contribution is 7.89. The fraction of sp³-hybridized carbons (Fsp3) is 0.235. The number of nitrogens with one attached hydrogen (secondary N) is 1. The number of hydrogen-bond acceptors (Lipinski definition) is 4. The number of amides is 1. The molecule has 24 heavy (non-hydrogen) atoms. The van der Waals surface area contributed by atoms with Crippen LogP contribution in [0.4, 0.5) is 0 Å². The van der Waals surface area contributed by atoms with Crippen molar-refractivity contribution in [3.05, 3.63) is 65.2 Å². The van der Waals surface area contributed by atoms with Gasteiger partial charge in [0.05, 0.1) is 17.5 Å². The third-order valence-electron chi connectivity index (χ3n) is 3.56. The zero-order valence-corrected chi connectivity index (χ0v) is 14.3. The molecule has 0 aliphatic rings. The molecule has 0 radical (unpaired) electrons. The zero-order chi connectivity index (χ0) is 17.7. The molecule has 6 nitrogen and oxygen atoms in total. The number of carbonyl (C=O) groups excluding carboxylic acids is 1. The molecule has 7 heteroatoms. The van der Waals surface area contributed by atoms with Crippen LogP contribution in [0.25, 0.3) is 0 Å². The van der Waals surface area contributed by atoms with Gasteiger partial charge >= 0.3 is 0 Å². The molecule has 0 saturated heterocycles. The molecular weight excluding hydrogens is 328 g/mol. The summed E-state index contributed by atoms with van der Waals surface area (Å²) in [7, 11) is -2.12. The molecule has 1 amide bonds. The summed E-state index contributed by atoms with van der Waals surface area (Å²) in [4.78, 5) is 12.4. The van der Waals surface area contributed by atoms with Crippen LogP contribution in [0.2, 0.25) is 0 Å². The number of sulfonamides is 1. The number of methoxy groups -OCH3 is 1. The first-order chi connectivity index (χ1) is 11.3. The van der Waals surface area contributed by atoms with E-state index >= 15 is 0 Å². The van der Waals surface area contributed by atoms with Crippen molar-refractivity contribution in [2.75, 3.05) is 7.11 Å². The maximum Gasteiger partial charge on any atom is 0.251 e. The Kier molecular flexibility index (Phi) is 5.71. The molecule has 0 saturated carbocycles. The quantitative estimate of drug-likeness (QED) is 0.834. The van der Waals surface area contributed by atoms with Crippen LogP contribution in [0.1, 0.15) is 34.5 Å². The summed E-state index contributed by atoms with van der Waals surface area (Å²) < 4.78 is 27.6. The molecule has 0 heterocycles. The van der Waals surface area contributed by atoms with Crippen molar-refractivity contribution in [3.8, 4) is 0 Å². The molecule has 128 valence electrons. The van der Waals surface area contributed by atoms with Gasteiger partial charge in [-0.15, -0.1) is 0 Å². The Morgan fingerprint density at radius 2 is 1.88 bits per heavy atom. The molecule has 0 bridgehead atoms. The van der Waals surface area contributed by atoms with Gasteiger partial charge in [0.2, 0.25) is 10.0 Å². The highest BCUT2D eigenvalue weighted by Crippen LogP contribution is 2.16. The van der Waals surface area contributed by atoms with Crippen LogP contribution in [0, 0.1) is 0 Å². The standard InChI is InChI=1S/C17H20N2O4S/c1-12(14-6-8-16(9-7-14)24(18,21)22)19-17(20)15-5-3-4-13(10-15)11-23-2/h3-10,12H,11H2,1-2H3,(H,19,20)(H2,18,21,22). The summed E-state index contributed by atoms with van der Waals surface area (Å²) in [6, 6.07) is 13.0. The zero-order valence-electron chi connectivity index (χ0n) is 13.5. The van der Waals surface area contributed by atoms with Gasteiger partial charge in [0.15, 0.2) is 0 Å². The fourth-order valence-corrected chi connectivity index (χ4v) is 2.79. The van der Waals surface area contributed by atoms with Gasteiger partial charge < -0.3 is 10.1 Å². The second-order valence-corrected chi connectivity index (χ2v) is 7.00. The molecule has 0 aromatic heterocycles. The van der Waals surface area contributed by atoms with Crippen molar-refractivity contribution in [2.24, 2.45) is 5.14 Å². The van der Waals surface area contributed by atoms with Gasteiger partial charge in [-0.25, -0.2) is 13.6 Å². The van der Waals surface area contributed by atoms with E-state index in [2.05, 4.69) is 5.32 Å². The number of carbonyl (C=O) groups is 1. The second kappa shape index (κ2) is 7.57. The Labute approximate surface area is 141 Å². The molecular formula is C17H20N2O4S. The first kappa shape index (κ1) is 18.1. The van der Waals surface area contributed by atoms with E-state index in [9.17, 15) is 13.2 Å². The van der Waals surface area contributed by atoms with E-state index in [4.69, 9.17) is 9.88 Å². The summed E-state index contributed by atoms with van der Waals surface area (Å²) in [5.41, 5.74) is 2.23. The molecule has 3 N–H and O–H groups in total. The van der Waals surface area contributed by atoms with E-state index in [0.717, 1.165) is 11.1 Å². The minimum Gasteiger partial charge on any atom is -0.380 e. The average Bonchev–Trinajstić information content (AvgIpc) is 2.54. The van der Waals surface area contributed by atoms with Crippen LogP contribution >= 0.6 is 0 Å². The first-order valence-corrected chi connectivity index (χ1v) is 8.87. The molecule has 2 aromatic carbocycles. The molecule has 1 unspecified atom stereocenters. The molecule has 2 rings (SSSR count). The smallest absolute Gasteiger partial charge is 0.251 e. The van der Waals surface area contributed by atoms with Gasteiger partial charge in [-0.2, -0.15) is 0 Å². The molecule has 0 aliphatic carbocycles. The normalized spacial score (nSPS) is 12.6. The molecule has 2 aromatic rings. The topological polar surface area (TPSA) is 98.5 Å². The van der Waals surface area contributed by atoms with Crippen LogP contribution in [-0.2, 0) is 21.4 Å². The minimum atomic E-state index is -3.72. The number of primary sulfonamides is 1. The third kappa shape index (κ3) is 4.64. The van der Waals surface area contributed by atoms with E-state index in [1.165, 1.54) is 12.1 Å². The highest BCUT2D eigenvalue weighted by Gasteiger charge is 2.13. The van der Waals surface area contributed by atoms with Crippen LogP contribution in [-0.4, -0.2) is 21.4 Å². The van der Waals surface area contributed by atoms with Crippen molar-refractivity contribution >= 4 is 15.9 Å². The van der Waals surface area contributed by atoms with Crippen molar-refractivity contribution in [2.45, 2.75) is 24.5 Å². The Morgan fingerprint density at radius 1 is 1.21 bits per heavy atom. The predicted molar refractivity (Wildman–Crippen MR) is 90.9 cm³/mol. The van der Waals surface area contributed by atoms with Gasteiger partial charge in [0.1, 0.15) is 0 Å². The van der Waals surface area contributed by atoms with Crippen LogP contribution in [0.3, 0.4) is 0 Å².